The number of rotatable bonds is 6. The van der Waals surface area contributed by atoms with Gasteiger partial charge in [-0.3, -0.25) is 9.89 Å². The molecule has 0 atom stereocenters. The van der Waals surface area contributed by atoms with Crippen molar-refractivity contribution >= 4 is 18.1 Å². The van der Waals surface area contributed by atoms with Gasteiger partial charge >= 0.3 is 5.97 Å². The topological polar surface area (TPSA) is 121 Å². The second-order valence-corrected chi connectivity index (χ2v) is 6.32. The Morgan fingerprint density at radius 1 is 1.00 bits per heavy atom. The molecule has 0 unspecified atom stereocenters. The van der Waals surface area contributed by atoms with Crippen molar-refractivity contribution in [2.45, 2.75) is 0 Å². The minimum Gasteiger partial charge on any atom is -0.478 e. The molecule has 0 aliphatic heterocycles. The lowest BCUT2D eigenvalue weighted by atomic mass is 10.1. The number of carbonyl (C=O) groups is 2. The van der Waals surface area contributed by atoms with E-state index in [1.165, 1.54) is 18.3 Å². The highest BCUT2D eigenvalue weighted by Crippen LogP contribution is 2.22. The summed E-state index contributed by atoms with van der Waals surface area (Å²) in [5.74, 6) is -0.559. The Hall–Kier alpha value is -4.46. The molecule has 0 bridgehead atoms. The molecule has 2 aromatic carbocycles. The summed E-state index contributed by atoms with van der Waals surface area (Å²) in [5.41, 5.74) is 5.03. The normalized spacial score (nSPS) is 10.9. The fourth-order valence-electron chi connectivity index (χ4n) is 2.79. The summed E-state index contributed by atoms with van der Waals surface area (Å²) >= 11 is 0. The van der Waals surface area contributed by atoms with Crippen LogP contribution in [0, 0.1) is 0 Å². The largest absolute Gasteiger partial charge is 0.478 e. The van der Waals surface area contributed by atoms with Crippen LogP contribution in [-0.4, -0.2) is 33.4 Å². The highest BCUT2D eigenvalue weighted by atomic mass is 16.4. The van der Waals surface area contributed by atoms with Crippen LogP contribution in [0.15, 0.2) is 82.3 Å². The number of H-pyrrole nitrogens is 1. The molecule has 0 radical (unpaired) electrons. The third-order valence-corrected chi connectivity index (χ3v) is 4.27. The number of carboxylic acids is 1. The zero-order valence-corrected chi connectivity index (χ0v) is 15.6. The maximum atomic E-state index is 12.2. The first-order valence-electron chi connectivity index (χ1n) is 8.98. The lowest BCUT2D eigenvalue weighted by molar-refractivity contribution is 0.0696. The molecule has 0 fully saturated rings. The molecule has 8 nitrogen and oxygen atoms in total. The Bertz CT molecular complexity index is 1220. The minimum atomic E-state index is -1.01. The van der Waals surface area contributed by atoms with Crippen LogP contribution in [0.5, 0.6) is 0 Å². The highest BCUT2D eigenvalue weighted by molar-refractivity contribution is 5.94. The summed E-state index contributed by atoms with van der Waals surface area (Å²) in [6.07, 6.45) is 1.36. The molecule has 0 saturated carbocycles. The van der Waals surface area contributed by atoms with E-state index < -0.39 is 11.9 Å². The number of hydrogen-bond donors (Lipinski definition) is 3. The second-order valence-electron chi connectivity index (χ2n) is 6.32. The molecular formula is C22H16N4O4. The maximum absolute atomic E-state index is 12.2. The van der Waals surface area contributed by atoms with Gasteiger partial charge in [-0.1, -0.05) is 42.5 Å². The molecule has 0 saturated heterocycles. The number of nitrogens with one attached hydrogen (secondary N) is 2. The van der Waals surface area contributed by atoms with Crippen LogP contribution < -0.4 is 5.43 Å². The zero-order chi connectivity index (χ0) is 20.9. The standard InChI is InChI=1S/C22H16N4O4/c27-21(19-12-18(24-25-19)14-5-2-1-3-6-14)26-23-13-17-9-10-20(30-17)15-7-4-8-16(11-15)22(28)29/h1-13H,(H,24,25)(H,26,27)(H,28,29)/b23-13-. The number of carbonyl (C=O) groups excluding carboxylic acids is 1. The number of hydrazone groups is 1. The third kappa shape index (κ3) is 4.17. The first kappa shape index (κ1) is 18.9. The number of amides is 1. The number of furan rings is 1. The van der Waals surface area contributed by atoms with E-state index in [9.17, 15) is 9.59 Å². The van der Waals surface area contributed by atoms with Crippen molar-refractivity contribution in [1.82, 2.24) is 15.6 Å². The molecule has 4 aromatic rings. The van der Waals surface area contributed by atoms with Crippen molar-refractivity contribution in [3.05, 3.63) is 89.8 Å². The Morgan fingerprint density at radius 2 is 1.80 bits per heavy atom. The van der Waals surface area contributed by atoms with E-state index in [0.717, 1.165) is 5.56 Å². The molecule has 148 valence electrons. The molecule has 2 heterocycles. The van der Waals surface area contributed by atoms with Crippen molar-refractivity contribution in [3.8, 4) is 22.6 Å². The van der Waals surface area contributed by atoms with Crippen LogP contribution in [0.3, 0.4) is 0 Å². The van der Waals surface area contributed by atoms with Gasteiger partial charge in [0.2, 0.25) is 0 Å². The summed E-state index contributed by atoms with van der Waals surface area (Å²) in [6.45, 7) is 0. The molecule has 2 aromatic heterocycles. The second kappa shape index (κ2) is 8.27. The van der Waals surface area contributed by atoms with Gasteiger partial charge in [-0.25, -0.2) is 10.2 Å². The van der Waals surface area contributed by atoms with Crippen LogP contribution in [0.2, 0.25) is 0 Å². The lowest BCUT2D eigenvalue weighted by Gasteiger charge is -1.99. The van der Waals surface area contributed by atoms with Gasteiger partial charge in [0.15, 0.2) is 0 Å². The summed E-state index contributed by atoms with van der Waals surface area (Å²) in [5, 5.41) is 19.8. The van der Waals surface area contributed by atoms with Crippen LogP contribution >= 0.6 is 0 Å². The molecule has 0 aliphatic carbocycles. The summed E-state index contributed by atoms with van der Waals surface area (Å²) in [4.78, 5) is 23.3. The number of benzene rings is 2. The Labute approximate surface area is 170 Å². The SMILES string of the molecule is O=C(O)c1cccc(-c2ccc(/C=N\NC(=O)c3cc(-c4ccccc4)n[nH]3)o2)c1. The molecule has 8 heteroatoms. The van der Waals surface area contributed by atoms with Crippen molar-refractivity contribution in [3.63, 3.8) is 0 Å². The zero-order valence-electron chi connectivity index (χ0n) is 15.6. The van der Waals surface area contributed by atoms with Gasteiger partial charge in [0.1, 0.15) is 17.2 Å². The average molecular weight is 400 g/mol. The molecular weight excluding hydrogens is 384 g/mol. The molecule has 1 amide bonds. The number of aromatic carboxylic acids is 1. The van der Waals surface area contributed by atoms with Crippen molar-refractivity contribution in [2.75, 3.05) is 0 Å². The first-order chi connectivity index (χ1) is 14.6. The van der Waals surface area contributed by atoms with E-state index in [0.29, 0.717) is 22.8 Å². The van der Waals surface area contributed by atoms with E-state index in [4.69, 9.17) is 9.52 Å². The van der Waals surface area contributed by atoms with Crippen LogP contribution in [0.25, 0.3) is 22.6 Å². The van der Waals surface area contributed by atoms with E-state index in [1.807, 2.05) is 30.3 Å². The molecule has 30 heavy (non-hydrogen) atoms. The number of aromatic amines is 1. The van der Waals surface area contributed by atoms with Gasteiger partial charge < -0.3 is 9.52 Å². The highest BCUT2D eigenvalue weighted by Gasteiger charge is 2.11. The van der Waals surface area contributed by atoms with Crippen LogP contribution in [-0.2, 0) is 0 Å². The number of aromatic nitrogens is 2. The van der Waals surface area contributed by atoms with Gasteiger partial charge in [-0.15, -0.1) is 0 Å². The Balaban J connectivity index is 1.41. The fourth-order valence-corrected chi connectivity index (χ4v) is 2.79. The van der Waals surface area contributed by atoms with Crippen molar-refractivity contribution in [2.24, 2.45) is 5.10 Å². The maximum Gasteiger partial charge on any atom is 0.335 e. The van der Waals surface area contributed by atoms with E-state index in [2.05, 4.69) is 20.7 Å². The summed E-state index contributed by atoms with van der Waals surface area (Å²) < 4.78 is 5.64. The van der Waals surface area contributed by atoms with Crippen molar-refractivity contribution in [1.29, 1.82) is 0 Å². The average Bonchev–Trinajstić information content (AvgIpc) is 3.45. The van der Waals surface area contributed by atoms with Gasteiger partial charge in [0.05, 0.1) is 17.5 Å². The van der Waals surface area contributed by atoms with Gasteiger partial charge in [0, 0.05) is 11.1 Å². The lowest BCUT2D eigenvalue weighted by Crippen LogP contribution is -2.17. The smallest absolute Gasteiger partial charge is 0.335 e. The first-order valence-corrected chi connectivity index (χ1v) is 8.98. The fraction of sp³-hybridized carbons (Fsp3) is 0. The minimum absolute atomic E-state index is 0.167. The monoisotopic (exact) mass is 400 g/mol. The van der Waals surface area contributed by atoms with E-state index in [1.54, 1.807) is 30.3 Å². The molecule has 4 rings (SSSR count). The Kier molecular flexibility index (Phi) is 5.21. The Morgan fingerprint density at radius 3 is 2.60 bits per heavy atom. The van der Waals surface area contributed by atoms with Gasteiger partial charge in [-0.2, -0.15) is 10.2 Å². The number of hydrogen-bond acceptors (Lipinski definition) is 5. The van der Waals surface area contributed by atoms with Crippen LogP contribution in [0.1, 0.15) is 26.6 Å². The number of carboxylic acid groups (broad SMARTS) is 1. The summed E-state index contributed by atoms with van der Waals surface area (Å²) in [6, 6.07) is 20.9. The van der Waals surface area contributed by atoms with Gasteiger partial charge in [0.25, 0.3) is 5.91 Å². The predicted octanol–water partition coefficient (Wildman–Crippen LogP) is 3.80. The van der Waals surface area contributed by atoms with Gasteiger partial charge in [-0.05, 0) is 30.3 Å². The predicted molar refractivity (Wildman–Crippen MR) is 110 cm³/mol. The quantitative estimate of drug-likeness (QED) is 0.336. The van der Waals surface area contributed by atoms with E-state index in [-0.39, 0.29) is 11.3 Å². The third-order valence-electron chi connectivity index (χ3n) is 4.27. The number of nitrogens with zero attached hydrogens (tertiary/aromatic N) is 2. The van der Waals surface area contributed by atoms with E-state index >= 15 is 0 Å². The summed E-state index contributed by atoms with van der Waals surface area (Å²) in [7, 11) is 0. The molecule has 3 N–H and O–H groups in total. The molecule has 0 spiro atoms. The molecule has 0 aliphatic rings. The van der Waals surface area contributed by atoms with Crippen molar-refractivity contribution < 1.29 is 19.1 Å². The van der Waals surface area contributed by atoms with Crippen LogP contribution in [0.4, 0.5) is 0 Å².